The molecule has 2 aromatic carbocycles. The minimum absolute atomic E-state index is 0.142. The second-order valence-corrected chi connectivity index (χ2v) is 6.29. The molecule has 5 nitrogen and oxygen atoms in total. The molecule has 1 heterocycles. The lowest BCUT2D eigenvalue weighted by atomic mass is 9.92. The number of fused-ring (bicyclic) bond motifs is 1. The molecule has 0 saturated carbocycles. The highest BCUT2D eigenvalue weighted by molar-refractivity contribution is 5.98. The number of aromatic nitrogens is 1. The van der Waals surface area contributed by atoms with E-state index in [1.165, 1.54) is 7.11 Å². The molecule has 0 bridgehead atoms. The van der Waals surface area contributed by atoms with Gasteiger partial charge in [0.1, 0.15) is 0 Å². The van der Waals surface area contributed by atoms with Crippen molar-refractivity contribution in [3.63, 3.8) is 0 Å². The Labute approximate surface area is 158 Å². The van der Waals surface area contributed by atoms with Crippen LogP contribution in [0.1, 0.15) is 17.7 Å². The van der Waals surface area contributed by atoms with Gasteiger partial charge in [-0.3, -0.25) is 14.6 Å². The van der Waals surface area contributed by atoms with Gasteiger partial charge >= 0.3 is 5.97 Å². The fraction of sp³-hybridized carbons (Fsp3) is 0.227. The van der Waals surface area contributed by atoms with Crippen molar-refractivity contribution in [1.29, 1.82) is 0 Å². The van der Waals surface area contributed by atoms with Gasteiger partial charge in [0.15, 0.2) is 0 Å². The van der Waals surface area contributed by atoms with Crippen molar-refractivity contribution in [3.8, 4) is 11.1 Å². The van der Waals surface area contributed by atoms with Crippen LogP contribution in [0.3, 0.4) is 0 Å². The monoisotopic (exact) mass is 362 g/mol. The first-order chi connectivity index (χ1) is 13.1. The van der Waals surface area contributed by atoms with Crippen molar-refractivity contribution in [2.75, 3.05) is 13.7 Å². The van der Waals surface area contributed by atoms with E-state index >= 15 is 0 Å². The predicted molar refractivity (Wildman–Crippen MR) is 105 cm³/mol. The number of amides is 1. The first-order valence-electron chi connectivity index (χ1n) is 8.87. The number of nitrogens with zero attached hydrogens (tertiary/aromatic N) is 1. The number of esters is 1. The van der Waals surface area contributed by atoms with Gasteiger partial charge in [-0.15, -0.1) is 0 Å². The van der Waals surface area contributed by atoms with Gasteiger partial charge in [0.25, 0.3) is 0 Å². The molecule has 0 aliphatic carbocycles. The Bertz CT molecular complexity index is 968. The van der Waals surface area contributed by atoms with Crippen LogP contribution in [0.15, 0.2) is 54.6 Å². The fourth-order valence-electron chi connectivity index (χ4n) is 3.15. The van der Waals surface area contributed by atoms with E-state index in [1.54, 1.807) is 0 Å². The number of hydrogen-bond donors (Lipinski definition) is 1. The van der Waals surface area contributed by atoms with E-state index in [-0.39, 0.29) is 31.3 Å². The van der Waals surface area contributed by atoms with E-state index in [9.17, 15) is 9.59 Å². The second kappa shape index (κ2) is 8.45. The fourth-order valence-corrected chi connectivity index (χ4v) is 3.15. The first kappa shape index (κ1) is 18.6. The van der Waals surface area contributed by atoms with Gasteiger partial charge < -0.3 is 10.1 Å². The van der Waals surface area contributed by atoms with Gasteiger partial charge in [0, 0.05) is 17.6 Å². The molecule has 1 amide bonds. The Balaban J connectivity index is 1.96. The number of para-hydroxylation sites is 1. The number of nitrogens with one attached hydrogen (secondary N) is 1. The summed E-state index contributed by atoms with van der Waals surface area (Å²) >= 11 is 0. The smallest absolute Gasteiger partial charge is 0.307 e. The predicted octanol–water partition coefficient (Wildman–Crippen LogP) is 3.43. The zero-order valence-corrected chi connectivity index (χ0v) is 15.5. The van der Waals surface area contributed by atoms with E-state index in [1.807, 2.05) is 61.5 Å². The van der Waals surface area contributed by atoms with Crippen LogP contribution >= 0.6 is 0 Å². The van der Waals surface area contributed by atoms with Crippen LogP contribution in [-0.4, -0.2) is 30.5 Å². The average Bonchev–Trinajstić information content (AvgIpc) is 2.69. The molecule has 0 unspecified atom stereocenters. The normalized spacial score (nSPS) is 10.6. The summed E-state index contributed by atoms with van der Waals surface area (Å²) in [4.78, 5) is 28.4. The molecule has 1 aromatic heterocycles. The van der Waals surface area contributed by atoms with E-state index in [2.05, 4.69) is 15.0 Å². The minimum Gasteiger partial charge on any atom is -0.469 e. The zero-order chi connectivity index (χ0) is 19.2. The topological polar surface area (TPSA) is 68.3 Å². The number of methoxy groups -OCH3 is 1. The number of carbonyl (C=O) groups excluding carboxylic acids is 2. The van der Waals surface area contributed by atoms with Crippen molar-refractivity contribution in [2.45, 2.75) is 19.8 Å². The van der Waals surface area contributed by atoms with Crippen molar-refractivity contribution in [3.05, 3.63) is 65.9 Å². The van der Waals surface area contributed by atoms with Crippen LogP contribution in [0.4, 0.5) is 0 Å². The van der Waals surface area contributed by atoms with Crippen LogP contribution in [0.5, 0.6) is 0 Å². The molecule has 0 aliphatic rings. The van der Waals surface area contributed by atoms with Gasteiger partial charge in [0.2, 0.25) is 5.91 Å². The Kier molecular flexibility index (Phi) is 5.81. The molecule has 27 heavy (non-hydrogen) atoms. The number of ether oxygens (including phenoxy) is 1. The maximum absolute atomic E-state index is 12.5. The Morgan fingerprint density at radius 2 is 1.74 bits per heavy atom. The number of carbonyl (C=O) groups is 2. The molecule has 5 heteroatoms. The lowest BCUT2D eigenvalue weighted by Crippen LogP contribution is -2.28. The van der Waals surface area contributed by atoms with Gasteiger partial charge in [-0.25, -0.2) is 0 Å². The highest BCUT2D eigenvalue weighted by atomic mass is 16.5. The summed E-state index contributed by atoms with van der Waals surface area (Å²) in [6.45, 7) is 2.18. The maximum atomic E-state index is 12.5. The van der Waals surface area contributed by atoms with Crippen LogP contribution in [0.25, 0.3) is 22.0 Å². The second-order valence-electron chi connectivity index (χ2n) is 6.29. The quantitative estimate of drug-likeness (QED) is 0.682. The number of aryl methyl sites for hydroxylation is 1. The van der Waals surface area contributed by atoms with E-state index in [0.29, 0.717) is 0 Å². The number of pyridine rings is 1. The molecule has 0 atom stereocenters. The molecule has 0 saturated heterocycles. The van der Waals surface area contributed by atoms with Gasteiger partial charge in [-0.2, -0.15) is 0 Å². The highest BCUT2D eigenvalue weighted by Crippen LogP contribution is 2.33. The lowest BCUT2D eigenvalue weighted by molar-refractivity contribution is -0.140. The molecule has 0 spiro atoms. The lowest BCUT2D eigenvalue weighted by Gasteiger charge is -2.16. The summed E-state index contributed by atoms with van der Waals surface area (Å²) in [5.41, 5.74) is 4.72. The molecular formula is C22H22N2O3. The SMILES string of the molecule is COC(=O)CCNC(=O)Cc1c(C)nc2ccccc2c1-c1ccccc1. The molecule has 0 fully saturated rings. The van der Waals surface area contributed by atoms with Gasteiger partial charge in [0.05, 0.1) is 25.5 Å². The van der Waals surface area contributed by atoms with Crippen molar-refractivity contribution in [1.82, 2.24) is 10.3 Å². The number of rotatable bonds is 6. The van der Waals surface area contributed by atoms with E-state index < -0.39 is 0 Å². The molecule has 0 aliphatic heterocycles. The van der Waals surface area contributed by atoms with Crippen molar-refractivity contribution >= 4 is 22.8 Å². The third-order valence-electron chi connectivity index (χ3n) is 4.48. The van der Waals surface area contributed by atoms with Crippen LogP contribution in [0.2, 0.25) is 0 Å². The third kappa shape index (κ3) is 4.31. The average molecular weight is 362 g/mol. The number of hydrogen-bond acceptors (Lipinski definition) is 4. The van der Waals surface area contributed by atoms with E-state index in [0.717, 1.165) is 33.3 Å². The largest absolute Gasteiger partial charge is 0.469 e. The molecular weight excluding hydrogens is 340 g/mol. The van der Waals surface area contributed by atoms with Crippen LogP contribution < -0.4 is 5.32 Å². The summed E-state index contributed by atoms with van der Waals surface area (Å²) in [5.74, 6) is -0.486. The van der Waals surface area contributed by atoms with Crippen LogP contribution in [-0.2, 0) is 20.7 Å². The van der Waals surface area contributed by atoms with Crippen LogP contribution in [0, 0.1) is 6.92 Å². The zero-order valence-electron chi connectivity index (χ0n) is 15.5. The maximum Gasteiger partial charge on any atom is 0.307 e. The third-order valence-corrected chi connectivity index (χ3v) is 4.48. The van der Waals surface area contributed by atoms with E-state index in [4.69, 9.17) is 0 Å². The first-order valence-corrected chi connectivity index (χ1v) is 8.87. The van der Waals surface area contributed by atoms with Crippen molar-refractivity contribution in [2.24, 2.45) is 0 Å². The summed E-state index contributed by atoms with van der Waals surface area (Å²) in [6, 6.07) is 18.0. The summed E-state index contributed by atoms with van der Waals surface area (Å²) in [7, 11) is 1.33. The molecule has 0 radical (unpaired) electrons. The van der Waals surface area contributed by atoms with Gasteiger partial charge in [-0.1, -0.05) is 48.5 Å². The summed E-state index contributed by atoms with van der Waals surface area (Å²) in [6.07, 6.45) is 0.359. The molecule has 1 N–H and O–H groups in total. The Morgan fingerprint density at radius 1 is 1.04 bits per heavy atom. The van der Waals surface area contributed by atoms with Crippen molar-refractivity contribution < 1.29 is 14.3 Å². The molecule has 3 rings (SSSR count). The Hall–Kier alpha value is -3.21. The standard InChI is InChI=1S/C22H22N2O3/c1-15-18(14-20(25)23-13-12-21(26)27-2)22(16-8-4-3-5-9-16)17-10-6-7-11-19(17)24-15/h3-11H,12-14H2,1-2H3,(H,23,25). The molecule has 3 aromatic rings. The summed E-state index contributed by atoms with van der Waals surface area (Å²) in [5, 5.41) is 3.80. The summed E-state index contributed by atoms with van der Waals surface area (Å²) < 4.78 is 4.59. The number of benzene rings is 2. The van der Waals surface area contributed by atoms with Gasteiger partial charge in [-0.05, 0) is 29.7 Å². The molecule has 138 valence electrons. The Morgan fingerprint density at radius 3 is 2.48 bits per heavy atom. The highest BCUT2D eigenvalue weighted by Gasteiger charge is 2.17. The minimum atomic E-state index is -0.344.